The van der Waals surface area contributed by atoms with Crippen LogP contribution >= 0.6 is 11.3 Å². The van der Waals surface area contributed by atoms with Gasteiger partial charge in [-0.2, -0.15) is 0 Å². The van der Waals surface area contributed by atoms with Crippen LogP contribution in [0.3, 0.4) is 0 Å². The predicted molar refractivity (Wildman–Crippen MR) is 227 cm³/mol. The summed E-state index contributed by atoms with van der Waals surface area (Å²) in [5, 5.41) is 16.9. The minimum atomic E-state index is 0.822. The highest BCUT2D eigenvalue weighted by Gasteiger charge is 2.30. The van der Waals surface area contributed by atoms with E-state index >= 15 is 0 Å². The molecule has 258 valence electrons. The second-order valence-corrected chi connectivity index (χ2v) is 15.6. The average Bonchev–Trinajstić information content (AvgIpc) is 3.78. The van der Waals surface area contributed by atoms with Gasteiger partial charge in [0.05, 0.1) is 0 Å². The fraction of sp³-hybridized carbons (Fsp3) is 0.100. The van der Waals surface area contributed by atoms with Crippen LogP contribution in [0.15, 0.2) is 140 Å². The molecule has 54 heavy (non-hydrogen) atoms. The maximum absolute atomic E-state index is 5.05. The van der Waals surface area contributed by atoms with Crippen molar-refractivity contribution in [3.05, 3.63) is 173 Å². The third-order valence-electron chi connectivity index (χ3n) is 11.5. The zero-order valence-electron chi connectivity index (χ0n) is 30.7. The Kier molecular flexibility index (Phi) is 7.64. The Morgan fingerprint density at radius 2 is 1.07 bits per heavy atom. The first-order valence-corrected chi connectivity index (χ1v) is 19.4. The number of aryl methyl sites for hydroxylation is 2. The Labute approximate surface area is 319 Å². The van der Waals surface area contributed by atoms with E-state index in [1.165, 1.54) is 86.9 Å². The van der Waals surface area contributed by atoms with Gasteiger partial charge in [0.25, 0.3) is 0 Å². The molecule has 4 heteroatoms. The number of benzene rings is 7. The normalized spacial score (nSPS) is 12.0. The number of fused-ring (bicyclic) bond motifs is 6. The molecule has 0 saturated heterocycles. The monoisotopic (exact) mass is 711 g/mol. The molecule has 1 aliphatic carbocycles. The molecule has 10 rings (SSSR count). The van der Waals surface area contributed by atoms with E-state index in [1.54, 1.807) is 0 Å². The maximum Gasteiger partial charge on any atom is 0.106 e. The molecular weight excluding hydrogens is 675 g/mol. The Morgan fingerprint density at radius 3 is 1.87 bits per heavy atom. The molecule has 0 saturated carbocycles. The predicted octanol–water partition coefficient (Wildman–Crippen LogP) is 13.4. The lowest BCUT2D eigenvalue weighted by molar-refractivity contribution is 0.878. The topological polar surface area (TPSA) is 38.7 Å². The number of aromatic nitrogens is 3. The van der Waals surface area contributed by atoms with Crippen molar-refractivity contribution >= 4 is 31.5 Å². The SMILES string of the molecule is Cc1cc2c(c(-c3cc(C)c(C)c(-c4nnnc(-c5ccccc5)c4-c4ccccc4)c3-c3cccc4sc5ccccc5c34)c1C)Cc1ccccc1-2. The van der Waals surface area contributed by atoms with Crippen LogP contribution in [0, 0.1) is 27.7 Å². The van der Waals surface area contributed by atoms with Gasteiger partial charge in [-0.3, -0.25) is 0 Å². The molecule has 3 nitrogen and oxygen atoms in total. The van der Waals surface area contributed by atoms with Crippen molar-refractivity contribution in [1.82, 2.24) is 15.4 Å². The largest absolute Gasteiger partial charge is 0.135 e. The highest BCUT2D eigenvalue weighted by atomic mass is 32.1. The molecule has 0 aliphatic heterocycles. The third kappa shape index (κ3) is 4.98. The second kappa shape index (κ2) is 12.7. The van der Waals surface area contributed by atoms with E-state index in [0.717, 1.165) is 40.1 Å². The summed E-state index contributed by atoms with van der Waals surface area (Å²) in [4.78, 5) is 0. The van der Waals surface area contributed by atoms with Crippen molar-refractivity contribution in [2.24, 2.45) is 0 Å². The van der Waals surface area contributed by atoms with Gasteiger partial charge >= 0.3 is 0 Å². The van der Waals surface area contributed by atoms with Gasteiger partial charge in [-0.1, -0.05) is 127 Å². The van der Waals surface area contributed by atoms with Gasteiger partial charge in [-0.15, -0.1) is 21.5 Å². The Balaban J connectivity index is 1.40. The number of thiophene rings is 1. The minimum absolute atomic E-state index is 0.822. The molecule has 0 atom stereocenters. The molecule has 0 radical (unpaired) electrons. The quantitative estimate of drug-likeness (QED) is 0.178. The number of nitrogens with zero attached hydrogens (tertiary/aromatic N) is 3. The van der Waals surface area contributed by atoms with E-state index in [9.17, 15) is 0 Å². The van der Waals surface area contributed by atoms with Gasteiger partial charge in [0.1, 0.15) is 11.4 Å². The van der Waals surface area contributed by atoms with Crippen molar-refractivity contribution in [3.8, 4) is 67.0 Å². The van der Waals surface area contributed by atoms with Crippen LogP contribution in [0.25, 0.3) is 87.2 Å². The van der Waals surface area contributed by atoms with Gasteiger partial charge in [0, 0.05) is 36.9 Å². The third-order valence-corrected chi connectivity index (χ3v) is 12.7. The molecule has 7 aromatic carbocycles. The molecule has 0 N–H and O–H groups in total. The maximum atomic E-state index is 5.05. The van der Waals surface area contributed by atoms with Crippen LogP contribution in [0.1, 0.15) is 33.4 Å². The average molecular weight is 712 g/mol. The second-order valence-electron chi connectivity index (χ2n) is 14.5. The molecule has 0 amide bonds. The van der Waals surface area contributed by atoms with Crippen LogP contribution < -0.4 is 0 Å². The van der Waals surface area contributed by atoms with E-state index in [4.69, 9.17) is 10.2 Å². The summed E-state index contributed by atoms with van der Waals surface area (Å²) in [6.07, 6.45) is 0.901. The lowest BCUT2D eigenvalue weighted by Crippen LogP contribution is -2.05. The Hall–Kier alpha value is -6.23. The van der Waals surface area contributed by atoms with Gasteiger partial charge in [0.2, 0.25) is 0 Å². The van der Waals surface area contributed by atoms with Crippen LogP contribution in [-0.4, -0.2) is 15.4 Å². The summed E-state index contributed by atoms with van der Waals surface area (Å²) in [5.74, 6) is 0. The molecule has 0 spiro atoms. The summed E-state index contributed by atoms with van der Waals surface area (Å²) in [6, 6.07) is 50.4. The van der Waals surface area contributed by atoms with Crippen LogP contribution in [-0.2, 0) is 6.42 Å². The summed E-state index contributed by atoms with van der Waals surface area (Å²) >= 11 is 1.86. The molecule has 2 aromatic heterocycles. The first kappa shape index (κ1) is 32.4. The van der Waals surface area contributed by atoms with E-state index in [0.29, 0.717) is 0 Å². The van der Waals surface area contributed by atoms with Gasteiger partial charge < -0.3 is 0 Å². The number of hydrogen-bond donors (Lipinski definition) is 0. The fourth-order valence-corrected chi connectivity index (χ4v) is 9.87. The molecule has 2 heterocycles. The van der Waals surface area contributed by atoms with Gasteiger partial charge in [-0.25, -0.2) is 0 Å². The lowest BCUT2D eigenvalue weighted by atomic mass is 9.78. The molecule has 0 bridgehead atoms. The molecular formula is C50H37N3S. The summed E-state index contributed by atoms with van der Waals surface area (Å²) in [7, 11) is 0. The molecule has 0 unspecified atom stereocenters. The first-order chi connectivity index (χ1) is 26.5. The molecule has 0 fully saturated rings. The van der Waals surface area contributed by atoms with Crippen molar-refractivity contribution < 1.29 is 0 Å². The van der Waals surface area contributed by atoms with E-state index in [-0.39, 0.29) is 0 Å². The fourth-order valence-electron chi connectivity index (χ4n) is 8.73. The number of hydrogen-bond acceptors (Lipinski definition) is 4. The van der Waals surface area contributed by atoms with Crippen molar-refractivity contribution in [1.29, 1.82) is 0 Å². The van der Waals surface area contributed by atoms with E-state index in [1.807, 2.05) is 17.4 Å². The van der Waals surface area contributed by atoms with Crippen molar-refractivity contribution in [2.45, 2.75) is 34.1 Å². The lowest BCUT2D eigenvalue weighted by Gasteiger charge is -2.25. The zero-order chi connectivity index (χ0) is 36.5. The highest BCUT2D eigenvalue weighted by Crippen LogP contribution is 2.53. The Morgan fingerprint density at radius 1 is 0.463 bits per heavy atom. The number of rotatable bonds is 5. The van der Waals surface area contributed by atoms with Crippen LogP contribution in [0.4, 0.5) is 0 Å². The van der Waals surface area contributed by atoms with Gasteiger partial charge in [-0.05, 0) is 124 Å². The standard InChI is InChI=1S/C50H37N3S/c1-29-26-39-36-21-12-11-20-35(36)28-40(39)44(31(29)3)41-27-30(2)32(4)45(48(41)38-23-15-25-43-47(38)37-22-13-14-24-42(37)54-43)50-46(33-16-7-5-8-17-33)49(51-53-52-50)34-18-9-6-10-19-34/h5-27H,28H2,1-4H3. The summed E-state index contributed by atoms with van der Waals surface area (Å²) in [6.45, 7) is 9.08. The van der Waals surface area contributed by atoms with Crippen LogP contribution in [0.2, 0.25) is 0 Å². The summed E-state index contributed by atoms with van der Waals surface area (Å²) < 4.78 is 2.56. The van der Waals surface area contributed by atoms with Crippen molar-refractivity contribution in [2.75, 3.05) is 0 Å². The first-order valence-electron chi connectivity index (χ1n) is 18.6. The highest BCUT2D eigenvalue weighted by molar-refractivity contribution is 7.25. The Bertz CT molecular complexity index is 2940. The van der Waals surface area contributed by atoms with Crippen LogP contribution in [0.5, 0.6) is 0 Å². The molecule has 9 aromatic rings. The summed E-state index contributed by atoms with van der Waals surface area (Å²) in [5.41, 5.74) is 21.3. The smallest absolute Gasteiger partial charge is 0.106 e. The molecule has 1 aliphatic rings. The zero-order valence-corrected chi connectivity index (χ0v) is 31.6. The van der Waals surface area contributed by atoms with Crippen molar-refractivity contribution in [3.63, 3.8) is 0 Å². The van der Waals surface area contributed by atoms with E-state index < -0.39 is 0 Å². The van der Waals surface area contributed by atoms with E-state index in [2.05, 4.69) is 166 Å². The minimum Gasteiger partial charge on any atom is -0.135 e. The van der Waals surface area contributed by atoms with Gasteiger partial charge in [0.15, 0.2) is 0 Å².